The molecule has 2 rings (SSSR count). The number of hydrogen-bond donors (Lipinski definition) is 3. The fraction of sp³-hybridized carbons (Fsp3) is 0.769. The third-order valence-electron chi connectivity index (χ3n) is 7.55. The molecule has 192 valence electrons. The molecule has 2 aliphatic rings. The zero-order valence-corrected chi connectivity index (χ0v) is 21.2. The second-order valence-electron chi connectivity index (χ2n) is 10.3. The van der Waals surface area contributed by atoms with Gasteiger partial charge in [-0.15, -0.1) is 6.58 Å². The van der Waals surface area contributed by atoms with Crippen molar-refractivity contribution in [2.75, 3.05) is 13.1 Å². The van der Waals surface area contributed by atoms with Crippen molar-refractivity contribution in [3.05, 3.63) is 12.7 Å². The number of hydrogen-bond acceptors (Lipinski definition) is 5. The van der Waals surface area contributed by atoms with Gasteiger partial charge in [0, 0.05) is 13.1 Å². The maximum Gasteiger partial charge on any atom is 0.289 e. The number of carbonyl (C=O) groups is 4. The van der Waals surface area contributed by atoms with E-state index >= 15 is 0 Å². The van der Waals surface area contributed by atoms with Gasteiger partial charge in [0.2, 0.25) is 17.6 Å². The summed E-state index contributed by atoms with van der Waals surface area (Å²) in [5.41, 5.74) is 6.27. The Kier molecular flexibility index (Phi) is 11.2. The lowest BCUT2D eigenvalue weighted by Gasteiger charge is -2.28. The third-order valence-corrected chi connectivity index (χ3v) is 7.55. The highest BCUT2D eigenvalue weighted by atomic mass is 16.2. The van der Waals surface area contributed by atoms with Crippen molar-refractivity contribution in [3.8, 4) is 0 Å². The van der Waals surface area contributed by atoms with Crippen LogP contribution in [0.2, 0.25) is 0 Å². The van der Waals surface area contributed by atoms with Crippen molar-refractivity contribution in [1.29, 1.82) is 0 Å². The lowest BCUT2D eigenvalue weighted by atomic mass is 9.83. The molecule has 4 N–H and O–H groups in total. The standard InChI is InChI=1S/C26H44N4O4/c1-5-14-28-25(33)23(31)21-13-11-9-7-6-8-10-12-20(27)26(34)30-16-19(18(4)17(2)3)15-22(30)24(32)29-21/h5,17-22H,1,6-16,27H2,2-4H3,(H,28,33)(H,29,32)/t18?,19-,20+,21+,22+/m1/s1. The molecule has 0 aliphatic carbocycles. The Morgan fingerprint density at radius 3 is 2.35 bits per heavy atom. The summed E-state index contributed by atoms with van der Waals surface area (Å²) < 4.78 is 0. The fourth-order valence-electron chi connectivity index (χ4n) is 4.99. The Morgan fingerprint density at radius 2 is 1.74 bits per heavy atom. The van der Waals surface area contributed by atoms with Crippen molar-refractivity contribution < 1.29 is 19.2 Å². The van der Waals surface area contributed by atoms with Gasteiger partial charge in [0.05, 0.1) is 12.1 Å². The van der Waals surface area contributed by atoms with Gasteiger partial charge in [0.1, 0.15) is 6.04 Å². The average Bonchev–Trinajstić information content (AvgIpc) is 3.26. The monoisotopic (exact) mass is 476 g/mol. The number of amides is 3. The van der Waals surface area contributed by atoms with Gasteiger partial charge in [-0.25, -0.2) is 0 Å². The molecule has 8 heteroatoms. The Labute approximate surface area is 204 Å². The molecule has 34 heavy (non-hydrogen) atoms. The van der Waals surface area contributed by atoms with Crippen LogP contribution in [0, 0.1) is 17.8 Å². The van der Waals surface area contributed by atoms with Crippen molar-refractivity contribution in [1.82, 2.24) is 15.5 Å². The van der Waals surface area contributed by atoms with E-state index in [1.165, 1.54) is 6.08 Å². The summed E-state index contributed by atoms with van der Waals surface area (Å²) in [6.07, 6.45) is 8.63. The molecule has 3 amide bonds. The Balaban J connectivity index is 2.27. The number of rotatable bonds is 6. The minimum absolute atomic E-state index is 0.177. The van der Waals surface area contributed by atoms with E-state index in [1.807, 2.05) is 0 Å². The molecule has 8 nitrogen and oxygen atoms in total. The number of nitrogens with one attached hydrogen (secondary N) is 2. The molecule has 0 aromatic carbocycles. The highest BCUT2D eigenvalue weighted by Gasteiger charge is 2.44. The van der Waals surface area contributed by atoms with E-state index in [1.54, 1.807) is 4.90 Å². The summed E-state index contributed by atoms with van der Waals surface area (Å²) in [7, 11) is 0. The molecule has 2 heterocycles. The molecule has 5 atom stereocenters. The lowest BCUT2D eigenvalue weighted by molar-refractivity contribution is -0.142. The molecule has 2 saturated heterocycles. The molecule has 0 saturated carbocycles. The molecule has 2 aliphatic heterocycles. The van der Waals surface area contributed by atoms with Crippen LogP contribution in [0.3, 0.4) is 0 Å². The maximum atomic E-state index is 13.4. The van der Waals surface area contributed by atoms with Gasteiger partial charge >= 0.3 is 0 Å². The van der Waals surface area contributed by atoms with Gasteiger partial charge in [-0.2, -0.15) is 0 Å². The maximum absolute atomic E-state index is 13.4. The summed E-state index contributed by atoms with van der Waals surface area (Å²) in [4.78, 5) is 53.5. The zero-order valence-electron chi connectivity index (χ0n) is 21.2. The van der Waals surface area contributed by atoms with Crippen LogP contribution < -0.4 is 16.4 Å². The van der Waals surface area contributed by atoms with E-state index in [4.69, 9.17) is 5.73 Å². The largest absolute Gasteiger partial charge is 0.346 e. The van der Waals surface area contributed by atoms with Crippen molar-refractivity contribution >= 4 is 23.5 Å². The van der Waals surface area contributed by atoms with Gasteiger partial charge in [0.25, 0.3) is 5.91 Å². The van der Waals surface area contributed by atoms with Crippen LogP contribution in [0.1, 0.15) is 78.6 Å². The number of Topliss-reactive ketones (excluding diaryl/α,β-unsaturated/α-hetero) is 1. The number of fused-ring (bicyclic) bond motifs is 1. The normalized spacial score (nSPS) is 28.3. The number of ketones is 1. The quantitative estimate of drug-likeness (QED) is 0.401. The first-order valence-corrected chi connectivity index (χ1v) is 13.0. The highest BCUT2D eigenvalue weighted by molar-refractivity contribution is 6.38. The number of carbonyl (C=O) groups excluding carboxylic acids is 4. The molecule has 0 aromatic heterocycles. The summed E-state index contributed by atoms with van der Waals surface area (Å²) in [6, 6.07) is -2.22. The van der Waals surface area contributed by atoms with Crippen molar-refractivity contribution in [2.45, 2.75) is 96.7 Å². The van der Waals surface area contributed by atoms with Crippen molar-refractivity contribution in [3.63, 3.8) is 0 Å². The first kappa shape index (κ1) is 28.0. The second-order valence-corrected chi connectivity index (χ2v) is 10.3. The van der Waals surface area contributed by atoms with Crippen LogP contribution in [-0.4, -0.2) is 59.6 Å². The van der Waals surface area contributed by atoms with Crippen LogP contribution in [-0.2, 0) is 19.2 Å². The van der Waals surface area contributed by atoms with E-state index in [0.29, 0.717) is 37.6 Å². The minimum atomic E-state index is -0.908. The third kappa shape index (κ3) is 7.65. The second kappa shape index (κ2) is 13.6. The van der Waals surface area contributed by atoms with Gasteiger partial charge in [-0.05, 0) is 37.0 Å². The average molecular weight is 477 g/mol. The van der Waals surface area contributed by atoms with Crippen LogP contribution in [0.5, 0.6) is 0 Å². The highest BCUT2D eigenvalue weighted by Crippen LogP contribution is 2.33. The van der Waals surface area contributed by atoms with E-state index < -0.39 is 29.8 Å². The summed E-state index contributed by atoms with van der Waals surface area (Å²) in [6.45, 7) is 10.7. The molecule has 0 spiro atoms. The van der Waals surface area contributed by atoms with E-state index in [0.717, 1.165) is 38.5 Å². The summed E-state index contributed by atoms with van der Waals surface area (Å²) in [5.74, 6) is -1.02. The first-order chi connectivity index (χ1) is 16.2. The predicted octanol–water partition coefficient (Wildman–Crippen LogP) is 2.31. The van der Waals surface area contributed by atoms with Crippen LogP contribution in [0.15, 0.2) is 12.7 Å². The first-order valence-electron chi connectivity index (χ1n) is 13.0. The van der Waals surface area contributed by atoms with Crippen LogP contribution >= 0.6 is 0 Å². The summed E-state index contributed by atoms with van der Waals surface area (Å²) in [5, 5.41) is 5.34. The smallest absolute Gasteiger partial charge is 0.289 e. The molecule has 0 radical (unpaired) electrons. The summed E-state index contributed by atoms with van der Waals surface area (Å²) >= 11 is 0. The molecule has 0 bridgehead atoms. The fourth-order valence-corrected chi connectivity index (χ4v) is 4.99. The Hall–Kier alpha value is -2.22. The Bertz CT molecular complexity index is 738. The van der Waals surface area contributed by atoms with Gasteiger partial charge in [-0.1, -0.05) is 65.4 Å². The zero-order chi connectivity index (χ0) is 25.3. The van der Waals surface area contributed by atoms with Gasteiger partial charge in [0.15, 0.2) is 0 Å². The number of nitrogens with zero attached hydrogens (tertiary/aromatic N) is 1. The minimum Gasteiger partial charge on any atom is -0.346 e. The number of nitrogens with two attached hydrogens (primary N) is 1. The topological polar surface area (TPSA) is 122 Å². The van der Waals surface area contributed by atoms with Crippen LogP contribution in [0.4, 0.5) is 0 Å². The molecule has 1 unspecified atom stereocenters. The van der Waals surface area contributed by atoms with E-state index in [9.17, 15) is 19.2 Å². The van der Waals surface area contributed by atoms with E-state index in [2.05, 4.69) is 38.0 Å². The molecular weight excluding hydrogens is 432 g/mol. The lowest BCUT2D eigenvalue weighted by Crippen LogP contribution is -2.55. The molecule has 2 fully saturated rings. The predicted molar refractivity (Wildman–Crippen MR) is 133 cm³/mol. The molecular formula is C26H44N4O4. The van der Waals surface area contributed by atoms with Gasteiger partial charge < -0.3 is 21.3 Å². The van der Waals surface area contributed by atoms with Crippen molar-refractivity contribution in [2.24, 2.45) is 23.5 Å². The molecule has 0 aromatic rings. The van der Waals surface area contributed by atoms with Gasteiger partial charge in [-0.3, -0.25) is 19.2 Å². The van der Waals surface area contributed by atoms with E-state index in [-0.39, 0.29) is 24.3 Å². The SMILES string of the molecule is C=CCNC(=O)C(=O)[C@@H]1CCCCCCCC[C@H](N)C(=O)N2C[C@H](C(C)C(C)C)C[C@H]2C(=O)N1. The Morgan fingerprint density at radius 1 is 1.12 bits per heavy atom. The van der Waals surface area contributed by atoms with Crippen LogP contribution in [0.25, 0.3) is 0 Å².